The monoisotopic (exact) mass is 259 g/mol. The number of carbonyl (C=O) groups excluding carboxylic acids is 1. The van der Waals surface area contributed by atoms with Crippen LogP contribution in [0, 0.1) is 5.41 Å². The summed E-state index contributed by atoms with van der Waals surface area (Å²) in [6.45, 7) is 8.26. The first-order valence-electron chi connectivity index (χ1n) is 6.48. The number of carboxylic acid groups (broad SMARTS) is 1. The number of nitrogens with one attached hydrogen (secondary N) is 1. The SMILES string of the molecule is CCCC[C@H](NC(=O)OCC(C)(C)CC)C(=O)O. The van der Waals surface area contributed by atoms with Crippen molar-refractivity contribution in [2.24, 2.45) is 5.41 Å². The second kappa shape index (κ2) is 7.95. The van der Waals surface area contributed by atoms with Crippen molar-refractivity contribution in [3.8, 4) is 0 Å². The third kappa shape index (κ3) is 7.14. The van der Waals surface area contributed by atoms with Gasteiger partial charge in [0, 0.05) is 0 Å². The molecule has 0 aromatic rings. The molecule has 1 amide bonds. The fourth-order valence-electron chi connectivity index (χ4n) is 1.21. The Morgan fingerprint density at radius 3 is 2.39 bits per heavy atom. The molecule has 0 spiro atoms. The third-order valence-corrected chi connectivity index (χ3v) is 2.99. The van der Waals surface area contributed by atoms with E-state index in [0.717, 1.165) is 19.3 Å². The number of aliphatic carboxylic acids is 1. The second-order valence-corrected chi connectivity index (χ2v) is 5.27. The van der Waals surface area contributed by atoms with Gasteiger partial charge in [0.25, 0.3) is 0 Å². The number of unbranched alkanes of at least 4 members (excludes halogenated alkanes) is 1. The molecule has 5 nitrogen and oxygen atoms in total. The second-order valence-electron chi connectivity index (χ2n) is 5.27. The first-order valence-corrected chi connectivity index (χ1v) is 6.48. The normalized spacial score (nSPS) is 12.9. The highest BCUT2D eigenvalue weighted by atomic mass is 16.5. The highest BCUT2D eigenvalue weighted by Crippen LogP contribution is 2.19. The van der Waals surface area contributed by atoms with Crippen molar-refractivity contribution in [2.45, 2.75) is 59.4 Å². The molecule has 0 aromatic heterocycles. The van der Waals surface area contributed by atoms with Crippen LogP contribution in [-0.4, -0.2) is 29.8 Å². The van der Waals surface area contributed by atoms with E-state index in [4.69, 9.17) is 9.84 Å². The van der Waals surface area contributed by atoms with Crippen LogP contribution < -0.4 is 5.32 Å². The molecule has 0 aliphatic carbocycles. The van der Waals surface area contributed by atoms with Gasteiger partial charge in [-0.05, 0) is 18.3 Å². The molecule has 2 N–H and O–H groups in total. The molecule has 0 radical (unpaired) electrons. The van der Waals surface area contributed by atoms with Gasteiger partial charge in [-0.3, -0.25) is 0 Å². The summed E-state index contributed by atoms with van der Waals surface area (Å²) in [6, 6.07) is -0.859. The molecule has 0 unspecified atom stereocenters. The summed E-state index contributed by atoms with van der Waals surface area (Å²) in [7, 11) is 0. The van der Waals surface area contributed by atoms with Gasteiger partial charge in [-0.2, -0.15) is 0 Å². The van der Waals surface area contributed by atoms with Gasteiger partial charge in [-0.1, -0.05) is 40.5 Å². The van der Waals surface area contributed by atoms with Gasteiger partial charge >= 0.3 is 12.1 Å². The Kier molecular flexibility index (Phi) is 7.39. The van der Waals surface area contributed by atoms with Gasteiger partial charge in [0.05, 0.1) is 6.61 Å². The molecule has 0 aliphatic rings. The van der Waals surface area contributed by atoms with Crippen molar-refractivity contribution in [2.75, 3.05) is 6.61 Å². The molecule has 1 atom stereocenters. The van der Waals surface area contributed by atoms with Crippen LogP contribution in [0.3, 0.4) is 0 Å². The molecule has 0 saturated heterocycles. The zero-order chi connectivity index (χ0) is 14.2. The Hall–Kier alpha value is -1.26. The van der Waals surface area contributed by atoms with Crippen molar-refractivity contribution < 1.29 is 19.4 Å². The molecule has 5 heteroatoms. The molecular weight excluding hydrogens is 234 g/mol. The molecular formula is C13H25NO4. The summed E-state index contributed by atoms with van der Waals surface area (Å²) >= 11 is 0. The van der Waals surface area contributed by atoms with Crippen molar-refractivity contribution in [3.05, 3.63) is 0 Å². The molecule has 0 heterocycles. The molecule has 0 aromatic carbocycles. The van der Waals surface area contributed by atoms with Gasteiger partial charge in [-0.25, -0.2) is 9.59 Å². The largest absolute Gasteiger partial charge is 0.480 e. The van der Waals surface area contributed by atoms with Gasteiger partial charge in [0.1, 0.15) is 6.04 Å². The highest BCUT2D eigenvalue weighted by molar-refractivity contribution is 5.79. The van der Waals surface area contributed by atoms with E-state index in [1.165, 1.54) is 0 Å². The van der Waals surface area contributed by atoms with Crippen LogP contribution in [-0.2, 0) is 9.53 Å². The number of hydrogen-bond acceptors (Lipinski definition) is 3. The minimum absolute atomic E-state index is 0.0839. The lowest BCUT2D eigenvalue weighted by atomic mass is 9.92. The first kappa shape index (κ1) is 16.7. The fourth-order valence-corrected chi connectivity index (χ4v) is 1.21. The average molecular weight is 259 g/mol. The van der Waals surface area contributed by atoms with E-state index in [2.05, 4.69) is 5.32 Å². The summed E-state index contributed by atoms with van der Waals surface area (Å²) in [5.41, 5.74) is -0.0839. The van der Waals surface area contributed by atoms with Gasteiger partial charge in [0.15, 0.2) is 0 Å². The average Bonchev–Trinajstić information content (AvgIpc) is 2.31. The van der Waals surface area contributed by atoms with E-state index in [9.17, 15) is 9.59 Å². The van der Waals surface area contributed by atoms with E-state index in [1.807, 2.05) is 27.7 Å². The lowest BCUT2D eigenvalue weighted by Gasteiger charge is -2.22. The Bertz CT molecular complexity index is 276. The summed E-state index contributed by atoms with van der Waals surface area (Å²) in [6.07, 6.45) is 2.32. The van der Waals surface area contributed by atoms with Crippen LogP contribution in [0.5, 0.6) is 0 Å². The van der Waals surface area contributed by atoms with E-state index < -0.39 is 18.1 Å². The quantitative estimate of drug-likeness (QED) is 0.702. The predicted molar refractivity (Wildman–Crippen MR) is 69.5 cm³/mol. The maximum absolute atomic E-state index is 11.5. The smallest absolute Gasteiger partial charge is 0.407 e. The summed E-state index contributed by atoms with van der Waals surface area (Å²) in [5, 5.41) is 11.3. The fraction of sp³-hybridized carbons (Fsp3) is 0.846. The number of alkyl carbamates (subject to hydrolysis) is 1. The van der Waals surface area contributed by atoms with Crippen LogP contribution in [0.2, 0.25) is 0 Å². The minimum Gasteiger partial charge on any atom is -0.480 e. The van der Waals surface area contributed by atoms with E-state index >= 15 is 0 Å². The Balaban J connectivity index is 4.14. The number of hydrogen-bond donors (Lipinski definition) is 2. The van der Waals surface area contributed by atoms with Crippen LogP contribution in [0.1, 0.15) is 53.4 Å². The van der Waals surface area contributed by atoms with Gasteiger partial charge in [-0.15, -0.1) is 0 Å². The molecule has 0 rings (SSSR count). The lowest BCUT2D eigenvalue weighted by molar-refractivity contribution is -0.139. The van der Waals surface area contributed by atoms with Crippen LogP contribution in [0.15, 0.2) is 0 Å². The third-order valence-electron chi connectivity index (χ3n) is 2.99. The number of carboxylic acids is 1. The zero-order valence-electron chi connectivity index (χ0n) is 11.8. The minimum atomic E-state index is -1.02. The summed E-state index contributed by atoms with van der Waals surface area (Å²) in [5.74, 6) is -1.02. The molecule has 0 saturated carbocycles. The Labute approximate surface area is 109 Å². The molecule has 106 valence electrons. The van der Waals surface area contributed by atoms with Crippen LogP contribution in [0.4, 0.5) is 4.79 Å². The zero-order valence-corrected chi connectivity index (χ0v) is 11.8. The van der Waals surface area contributed by atoms with Crippen molar-refractivity contribution >= 4 is 12.1 Å². The lowest BCUT2D eigenvalue weighted by Crippen LogP contribution is -2.41. The first-order chi connectivity index (χ1) is 8.32. The van der Waals surface area contributed by atoms with Crippen molar-refractivity contribution in [1.29, 1.82) is 0 Å². The maximum atomic E-state index is 11.5. The number of amides is 1. The topological polar surface area (TPSA) is 75.6 Å². The van der Waals surface area contributed by atoms with Crippen molar-refractivity contribution in [3.63, 3.8) is 0 Å². The Morgan fingerprint density at radius 1 is 1.33 bits per heavy atom. The predicted octanol–water partition coefficient (Wildman–Crippen LogP) is 2.79. The van der Waals surface area contributed by atoms with Gasteiger partial charge in [0.2, 0.25) is 0 Å². The number of ether oxygens (including phenoxy) is 1. The van der Waals surface area contributed by atoms with E-state index in [1.54, 1.807) is 0 Å². The summed E-state index contributed by atoms with van der Waals surface area (Å²) in [4.78, 5) is 22.4. The Morgan fingerprint density at radius 2 is 1.94 bits per heavy atom. The molecule has 0 fully saturated rings. The molecule has 18 heavy (non-hydrogen) atoms. The van der Waals surface area contributed by atoms with Crippen LogP contribution >= 0.6 is 0 Å². The highest BCUT2D eigenvalue weighted by Gasteiger charge is 2.22. The van der Waals surface area contributed by atoms with Gasteiger partial charge < -0.3 is 15.2 Å². The number of carbonyl (C=O) groups is 2. The van der Waals surface area contributed by atoms with Crippen LogP contribution in [0.25, 0.3) is 0 Å². The van der Waals surface area contributed by atoms with Crippen molar-refractivity contribution in [1.82, 2.24) is 5.32 Å². The molecule has 0 aliphatic heterocycles. The number of rotatable bonds is 8. The standard InChI is InChI=1S/C13H25NO4/c1-5-7-8-10(11(15)16)14-12(17)18-9-13(3,4)6-2/h10H,5-9H2,1-4H3,(H,14,17)(H,15,16)/t10-/m0/s1. The summed E-state index contributed by atoms with van der Waals surface area (Å²) < 4.78 is 5.04. The van der Waals surface area contributed by atoms with E-state index in [-0.39, 0.29) is 12.0 Å². The van der Waals surface area contributed by atoms with E-state index in [0.29, 0.717) is 6.42 Å². The maximum Gasteiger partial charge on any atom is 0.407 e. The molecule has 0 bridgehead atoms.